The van der Waals surface area contributed by atoms with Crippen LogP contribution >= 0.6 is 0 Å². The van der Waals surface area contributed by atoms with E-state index in [0.717, 1.165) is 12.8 Å². The molecule has 0 bridgehead atoms. The zero-order valence-corrected chi connectivity index (χ0v) is 22.5. The number of carbonyl (C=O) groups excluding carboxylic acids is 1. The number of nitrogens with zero attached hydrogens (tertiary/aromatic N) is 2. The Hall–Kier alpha value is -3.05. The summed E-state index contributed by atoms with van der Waals surface area (Å²) in [5, 5.41) is 15.1. The molecule has 2 aromatic rings. The number of rotatable bonds is 8. The Morgan fingerprint density at radius 1 is 1.13 bits per heavy atom. The van der Waals surface area contributed by atoms with Crippen LogP contribution < -0.4 is 15.5 Å². The molecule has 1 aliphatic carbocycles. The maximum Gasteiger partial charge on any atom is 0.269 e. The second kappa shape index (κ2) is 11.4. The maximum atomic E-state index is 13.4. The minimum Gasteiger partial charge on any atom is -0.394 e. The molecule has 4 rings (SSSR count). The lowest BCUT2D eigenvalue weighted by molar-refractivity contribution is 0.102. The smallest absolute Gasteiger partial charge is 0.269 e. The van der Waals surface area contributed by atoms with Crippen molar-refractivity contribution in [3.8, 4) is 0 Å². The fourth-order valence-corrected chi connectivity index (χ4v) is 6.74. The summed E-state index contributed by atoms with van der Waals surface area (Å²) in [6, 6.07) is 9.45. The van der Waals surface area contributed by atoms with Gasteiger partial charge in [0, 0.05) is 18.8 Å². The predicted octanol–water partition coefficient (Wildman–Crippen LogP) is 4.98. The van der Waals surface area contributed by atoms with Crippen LogP contribution in [0.25, 0.3) is 0 Å². The summed E-state index contributed by atoms with van der Waals surface area (Å²) in [5.74, 6) is 0.265. The molecule has 38 heavy (non-hydrogen) atoms. The third-order valence-electron chi connectivity index (χ3n) is 7.08. The molecule has 1 aliphatic heterocycles. The first-order chi connectivity index (χ1) is 18.0. The number of aromatic nitrogens is 1. The van der Waals surface area contributed by atoms with Crippen LogP contribution in [0.1, 0.15) is 62.7 Å². The van der Waals surface area contributed by atoms with Crippen molar-refractivity contribution in [1.82, 2.24) is 4.98 Å². The van der Waals surface area contributed by atoms with Gasteiger partial charge in [0.25, 0.3) is 12.0 Å². The van der Waals surface area contributed by atoms with Gasteiger partial charge in [0.15, 0.2) is 9.84 Å². The van der Waals surface area contributed by atoms with Crippen molar-refractivity contribution in [1.29, 1.82) is 0 Å². The van der Waals surface area contributed by atoms with E-state index in [9.17, 15) is 27.1 Å². The first-order valence-electron chi connectivity index (χ1n) is 12.8. The van der Waals surface area contributed by atoms with Crippen LogP contribution in [0.4, 0.5) is 26.1 Å². The van der Waals surface area contributed by atoms with Crippen LogP contribution in [0.5, 0.6) is 0 Å². The number of hydrogen-bond acceptors (Lipinski definition) is 7. The van der Waals surface area contributed by atoms with Gasteiger partial charge >= 0.3 is 0 Å². The van der Waals surface area contributed by atoms with Gasteiger partial charge in [-0.25, -0.2) is 13.4 Å². The number of halogens is 2. The summed E-state index contributed by atoms with van der Waals surface area (Å²) in [6.07, 6.45) is 1.71. The lowest BCUT2D eigenvalue weighted by atomic mass is 10.0. The van der Waals surface area contributed by atoms with E-state index in [2.05, 4.69) is 15.6 Å². The van der Waals surface area contributed by atoms with Gasteiger partial charge in [-0.05, 0) is 75.4 Å². The van der Waals surface area contributed by atoms with Gasteiger partial charge in [-0.3, -0.25) is 4.79 Å². The normalized spacial score (nSPS) is 17.0. The van der Waals surface area contributed by atoms with Crippen molar-refractivity contribution in [3.05, 3.63) is 53.6 Å². The van der Waals surface area contributed by atoms with Gasteiger partial charge in [-0.2, -0.15) is 8.78 Å². The highest BCUT2D eigenvalue weighted by Crippen LogP contribution is 2.32. The minimum absolute atomic E-state index is 0.100. The number of aliphatic hydroxyl groups is 1. The van der Waals surface area contributed by atoms with E-state index < -0.39 is 32.6 Å². The molecule has 1 aromatic carbocycles. The highest BCUT2D eigenvalue weighted by atomic mass is 32.2. The molecule has 1 saturated carbocycles. The van der Waals surface area contributed by atoms with Crippen LogP contribution in [0.3, 0.4) is 0 Å². The predicted molar refractivity (Wildman–Crippen MR) is 144 cm³/mol. The molecule has 2 fully saturated rings. The fourth-order valence-electron chi connectivity index (χ4n) is 4.84. The Balaban J connectivity index is 1.61. The van der Waals surface area contributed by atoms with E-state index in [4.69, 9.17) is 0 Å². The molecule has 3 N–H and O–H groups in total. The molecular weight excluding hydrogens is 514 g/mol. The van der Waals surface area contributed by atoms with Crippen LogP contribution in [0.2, 0.25) is 0 Å². The highest BCUT2D eigenvalue weighted by Gasteiger charge is 2.31. The van der Waals surface area contributed by atoms with Gasteiger partial charge in [0.05, 0.1) is 27.9 Å². The lowest BCUT2D eigenvalue weighted by Gasteiger charge is -2.31. The second-order valence-corrected chi connectivity index (χ2v) is 12.7. The molecule has 2 aliphatic rings. The van der Waals surface area contributed by atoms with E-state index in [1.165, 1.54) is 6.07 Å². The third-order valence-corrected chi connectivity index (χ3v) is 9.34. The summed E-state index contributed by atoms with van der Waals surface area (Å²) in [4.78, 5) is 20.0. The zero-order valence-electron chi connectivity index (χ0n) is 21.6. The SMILES string of the molecule is CC(C)(CO)Nc1ccc(C(=O)Nc2cccc(S(=O)(=O)C3CCCC3)c2)c(N2CCC(=C(F)F)CC2)n1. The number of benzene rings is 1. The summed E-state index contributed by atoms with van der Waals surface area (Å²) in [5.41, 5.74) is -0.00106. The number of hydrogen-bond donors (Lipinski definition) is 3. The topological polar surface area (TPSA) is 112 Å². The van der Waals surface area contributed by atoms with Crippen LogP contribution in [-0.2, 0) is 9.84 Å². The number of amides is 1. The summed E-state index contributed by atoms with van der Waals surface area (Å²) < 4.78 is 52.3. The first kappa shape index (κ1) is 28.0. The van der Waals surface area contributed by atoms with E-state index in [1.54, 1.807) is 49.1 Å². The number of carbonyl (C=O) groups is 1. The largest absolute Gasteiger partial charge is 0.394 e. The molecule has 0 unspecified atom stereocenters. The van der Waals surface area contributed by atoms with Crippen molar-refractivity contribution < 1.29 is 27.1 Å². The molecule has 206 valence electrons. The Morgan fingerprint density at radius 2 is 1.82 bits per heavy atom. The Morgan fingerprint density at radius 3 is 2.45 bits per heavy atom. The summed E-state index contributed by atoms with van der Waals surface area (Å²) >= 11 is 0. The zero-order chi connectivity index (χ0) is 27.5. The third kappa shape index (κ3) is 6.32. The minimum atomic E-state index is -3.49. The molecule has 8 nitrogen and oxygen atoms in total. The number of aliphatic hydroxyl groups excluding tert-OH is 1. The molecule has 1 amide bonds. The van der Waals surface area contributed by atoms with Crippen molar-refractivity contribution in [2.45, 2.75) is 68.1 Å². The second-order valence-electron chi connectivity index (χ2n) is 10.5. The molecule has 0 atom stereocenters. The number of piperidine rings is 1. The Bertz CT molecular complexity index is 1310. The van der Waals surface area contributed by atoms with Gasteiger partial charge < -0.3 is 20.6 Å². The summed E-state index contributed by atoms with van der Waals surface area (Å²) in [7, 11) is -3.49. The molecular formula is C27H34F2N4O4S. The number of nitrogens with one attached hydrogen (secondary N) is 2. The van der Waals surface area contributed by atoms with Crippen molar-refractivity contribution >= 4 is 33.1 Å². The average molecular weight is 549 g/mol. The Labute approximate surface area is 222 Å². The molecule has 0 radical (unpaired) electrons. The van der Waals surface area contributed by atoms with Crippen LogP contribution in [0.15, 0.2) is 52.9 Å². The van der Waals surface area contributed by atoms with Gasteiger partial charge in [-0.15, -0.1) is 0 Å². The lowest BCUT2D eigenvalue weighted by Crippen LogP contribution is -2.36. The van der Waals surface area contributed by atoms with E-state index in [0.29, 0.717) is 30.2 Å². The molecule has 2 heterocycles. The monoisotopic (exact) mass is 548 g/mol. The molecule has 1 aromatic heterocycles. The fraction of sp³-hybridized carbons (Fsp3) is 0.481. The maximum absolute atomic E-state index is 13.4. The first-order valence-corrected chi connectivity index (χ1v) is 14.4. The van der Waals surface area contributed by atoms with Crippen molar-refractivity contribution in [2.75, 3.05) is 35.2 Å². The molecule has 1 saturated heterocycles. The highest BCUT2D eigenvalue weighted by molar-refractivity contribution is 7.92. The van der Waals surface area contributed by atoms with E-state index in [-0.39, 0.29) is 48.6 Å². The quantitative estimate of drug-likeness (QED) is 0.426. The number of sulfone groups is 1. The van der Waals surface area contributed by atoms with Gasteiger partial charge in [0.1, 0.15) is 11.6 Å². The van der Waals surface area contributed by atoms with Crippen molar-refractivity contribution in [2.24, 2.45) is 0 Å². The van der Waals surface area contributed by atoms with Gasteiger partial charge in [-0.1, -0.05) is 18.9 Å². The summed E-state index contributed by atoms with van der Waals surface area (Å²) in [6.45, 7) is 3.97. The van der Waals surface area contributed by atoms with Crippen LogP contribution in [-0.4, -0.2) is 54.9 Å². The van der Waals surface area contributed by atoms with Crippen LogP contribution in [0, 0.1) is 0 Å². The van der Waals surface area contributed by atoms with Crippen molar-refractivity contribution in [3.63, 3.8) is 0 Å². The van der Waals surface area contributed by atoms with E-state index >= 15 is 0 Å². The average Bonchev–Trinajstić information content (AvgIpc) is 3.45. The Kier molecular flexibility index (Phi) is 8.37. The van der Waals surface area contributed by atoms with Gasteiger partial charge in [0.2, 0.25) is 0 Å². The number of anilines is 3. The number of pyridine rings is 1. The molecule has 0 spiro atoms. The standard InChI is InChI=1S/C27H34F2N4O4S/c1-27(2,17-34)32-23-11-10-22(25(31-23)33-14-12-18(13-15-33)24(28)29)26(35)30-19-6-5-9-21(16-19)38(36,37)20-7-3-4-8-20/h5-6,9-11,16,20,34H,3-4,7-8,12-15,17H2,1-2H3,(H,30,35)(H,31,32). The molecule has 11 heteroatoms. The van der Waals surface area contributed by atoms with E-state index in [1.807, 2.05) is 0 Å².